The van der Waals surface area contributed by atoms with E-state index in [0.717, 1.165) is 24.3 Å². The minimum Gasteiger partial charge on any atom is -0.457 e. The molecule has 0 aromatic heterocycles. The molecule has 112 valence electrons. The predicted octanol–water partition coefficient (Wildman–Crippen LogP) is 4.68. The molecule has 2 aromatic carbocycles. The largest absolute Gasteiger partial charge is 0.457 e. The fourth-order valence-electron chi connectivity index (χ4n) is 2.52. The Kier molecular flexibility index (Phi) is 5.03. The Hall–Kier alpha value is -1.80. The molecule has 0 saturated carbocycles. The van der Waals surface area contributed by atoms with Gasteiger partial charge in [-0.05, 0) is 80.1 Å². The van der Waals surface area contributed by atoms with Gasteiger partial charge in [0.1, 0.15) is 11.5 Å². The van der Waals surface area contributed by atoms with Gasteiger partial charge in [-0.1, -0.05) is 19.1 Å². The van der Waals surface area contributed by atoms with Crippen molar-refractivity contribution >= 4 is 0 Å². The number of hydrogen-bond donors (Lipinski definition) is 1. The van der Waals surface area contributed by atoms with Crippen LogP contribution in [0.5, 0.6) is 11.5 Å². The number of aryl methyl sites for hydroxylation is 3. The first-order valence-electron chi connectivity index (χ1n) is 7.59. The maximum atomic E-state index is 6.04. The summed E-state index contributed by atoms with van der Waals surface area (Å²) in [5.41, 5.74) is 11.0. The number of rotatable bonds is 5. The first-order valence-corrected chi connectivity index (χ1v) is 7.59. The zero-order valence-electron chi connectivity index (χ0n) is 13.4. The molecule has 0 spiro atoms. The molecule has 0 amide bonds. The van der Waals surface area contributed by atoms with Crippen LogP contribution in [0.2, 0.25) is 0 Å². The van der Waals surface area contributed by atoms with Gasteiger partial charge in [-0.2, -0.15) is 0 Å². The standard InChI is InChI=1S/C19H25NO/c1-5-17(20)12-16-6-7-18(11-15(16)4)21-19-9-13(2)8-14(3)10-19/h6-11,17H,5,12,20H2,1-4H3. The van der Waals surface area contributed by atoms with E-state index in [4.69, 9.17) is 10.5 Å². The second-order valence-electron chi connectivity index (χ2n) is 5.89. The molecular formula is C19H25NO. The molecule has 0 radical (unpaired) electrons. The molecule has 1 atom stereocenters. The fraction of sp³-hybridized carbons (Fsp3) is 0.368. The van der Waals surface area contributed by atoms with Crippen LogP contribution in [-0.4, -0.2) is 6.04 Å². The highest BCUT2D eigenvalue weighted by molar-refractivity contribution is 5.40. The van der Waals surface area contributed by atoms with E-state index in [1.54, 1.807) is 0 Å². The van der Waals surface area contributed by atoms with Crippen molar-refractivity contribution in [3.8, 4) is 11.5 Å². The van der Waals surface area contributed by atoms with Crippen molar-refractivity contribution < 1.29 is 4.74 Å². The molecule has 2 aromatic rings. The van der Waals surface area contributed by atoms with Crippen LogP contribution in [0.1, 0.15) is 35.6 Å². The van der Waals surface area contributed by atoms with Crippen molar-refractivity contribution in [1.82, 2.24) is 0 Å². The zero-order chi connectivity index (χ0) is 15.4. The molecular weight excluding hydrogens is 258 g/mol. The monoisotopic (exact) mass is 283 g/mol. The zero-order valence-corrected chi connectivity index (χ0v) is 13.4. The molecule has 0 aliphatic heterocycles. The predicted molar refractivity (Wildman–Crippen MR) is 89.1 cm³/mol. The van der Waals surface area contributed by atoms with Gasteiger partial charge in [0.15, 0.2) is 0 Å². The van der Waals surface area contributed by atoms with E-state index in [2.05, 4.69) is 58.0 Å². The summed E-state index contributed by atoms with van der Waals surface area (Å²) in [5.74, 6) is 1.77. The Bertz CT molecular complexity index is 599. The van der Waals surface area contributed by atoms with Gasteiger partial charge in [-0.15, -0.1) is 0 Å². The van der Waals surface area contributed by atoms with Gasteiger partial charge in [-0.3, -0.25) is 0 Å². The molecule has 0 aliphatic rings. The number of nitrogens with two attached hydrogens (primary N) is 1. The third-order valence-electron chi connectivity index (χ3n) is 3.75. The molecule has 1 unspecified atom stereocenters. The molecule has 0 heterocycles. The second kappa shape index (κ2) is 6.77. The Balaban J connectivity index is 2.16. The Morgan fingerprint density at radius 1 is 0.952 bits per heavy atom. The lowest BCUT2D eigenvalue weighted by Crippen LogP contribution is -2.21. The summed E-state index contributed by atoms with van der Waals surface area (Å²) < 4.78 is 5.98. The van der Waals surface area contributed by atoms with Crippen molar-refractivity contribution in [1.29, 1.82) is 0 Å². The summed E-state index contributed by atoms with van der Waals surface area (Å²) in [6.07, 6.45) is 1.92. The highest BCUT2D eigenvalue weighted by Crippen LogP contribution is 2.26. The van der Waals surface area contributed by atoms with Gasteiger partial charge in [0.2, 0.25) is 0 Å². The Morgan fingerprint density at radius 3 is 2.19 bits per heavy atom. The van der Waals surface area contributed by atoms with Crippen LogP contribution in [0.25, 0.3) is 0 Å². The van der Waals surface area contributed by atoms with Crippen LogP contribution < -0.4 is 10.5 Å². The van der Waals surface area contributed by atoms with Crippen LogP contribution in [0.15, 0.2) is 36.4 Å². The summed E-state index contributed by atoms with van der Waals surface area (Å²) in [7, 11) is 0. The lowest BCUT2D eigenvalue weighted by atomic mass is 10.00. The third kappa shape index (κ3) is 4.33. The Morgan fingerprint density at radius 2 is 1.62 bits per heavy atom. The number of benzene rings is 2. The minimum absolute atomic E-state index is 0.231. The molecule has 2 heteroatoms. The molecule has 2 nitrogen and oxygen atoms in total. The van der Waals surface area contributed by atoms with E-state index < -0.39 is 0 Å². The van der Waals surface area contributed by atoms with E-state index in [-0.39, 0.29) is 6.04 Å². The average molecular weight is 283 g/mol. The lowest BCUT2D eigenvalue weighted by molar-refractivity contribution is 0.481. The highest BCUT2D eigenvalue weighted by atomic mass is 16.5. The van der Waals surface area contributed by atoms with Gasteiger partial charge in [0.05, 0.1) is 0 Å². The maximum Gasteiger partial charge on any atom is 0.127 e. The summed E-state index contributed by atoms with van der Waals surface area (Å²) in [6.45, 7) is 8.41. The second-order valence-corrected chi connectivity index (χ2v) is 5.89. The van der Waals surface area contributed by atoms with Gasteiger partial charge in [0, 0.05) is 6.04 Å². The van der Waals surface area contributed by atoms with E-state index in [0.29, 0.717) is 0 Å². The summed E-state index contributed by atoms with van der Waals surface area (Å²) in [6, 6.07) is 12.7. The molecule has 0 bridgehead atoms. The molecule has 2 N–H and O–H groups in total. The van der Waals surface area contributed by atoms with Crippen LogP contribution in [-0.2, 0) is 6.42 Å². The molecule has 2 rings (SSSR count). The van der Waals surface area contributed by atoms with Crippen molar-refractivity contribution in [2.24, 2.45) is 5.73 Å². The third-order valence-corrected chi connectivity index (χ3v) is 3.75. The first kappa shape index (κ1) is 15.6. The van der Waals surface area contributed by atoms with Gasteiger partial charge in [-0.25, -0.2) is 0 Å². The topological polar surface area (TPSA) is 35.2 Å². The molecule has 0 fully saturated rings. The number of ether oxygens (including phenoxy) is 1. The highest BCUT2D eigenvalue weighted by Gasteiger charge is 2.06. The Labute approximate surface area is 127 Å². The maximum absolute atomic E-state index is 6.04. The molecule has 0 aliphatic carbocycles. The van der Waals surface area contributed by atoms with E-state index in [1.807, 2.05) is 6.07 Å². The summed E-state index contributed by atoms with van der Waals surface area (Å²) in [5, 5.41) is 0. The van der Waals surface area contributed by atoms with Crippen molar-refractivity contribution in [3.05, 3.63) is 58.7 Å². The van der Waals surface area contributed by atoms with Gasteiger partial charge < -0.3 is 10.5 Å². The van der Waals surface area contributed by atoms with E-state index in [1.165, 1.54) is 22.3 Å². The molecule has 0 saturated heterocycles. The average Bonchev–Trinajstić information content (AvgIpc) is 2.40. The molecule has 21 heavy (non-hydrogen) atoms. The quantitative estimate of drug-likeness (QED) is 0.864. The van der Waals surface area contributed by atoms with Gasteiger partial charge in [0.25, 0.3) is 0 Å². The van der Waals surface area contributed by atoms with Crippen LogP contribution >= 0.6 is 0 Å². The smallest absolute Gasteiger partial charge is 0.127 e. The van der Waals surface area contributed by atoms with E-state index >= 15 is 0 Å². The van der Waals surface area contributed by atoms with E-state index in [9.17, 15) is 0 Å². The fourth-order valence-corrected chi connectivity index (χ4v) is 2.52. The van der Waals surface area contributed by atoms with Gasteiger partial charge >= 0.3 is 0 Å². The normalized spacial score (nSPS) is 12.2. The van der Waals surface area contributed by atoms with Crippen molar-refractivity contribution in [3.63, 3.8) is 0 Å². The van der Waals surface area contributed by atoms with Crippen LogP contribution in [0.4, 0.5) is 0 Å². The lowest BCUT2D eigenvalue weighted by Gasteiger charge is -2.13. The van der Waals surface area contributed by atoms with Crippen LogP contribution in [0, 0.1) is 20.8 Å². The summed E-state index contributed by atoms with van der Waals surface area (Å²) >= 11 is 0. The SMILES string of the molecule is CCC(N)Cc1ccc(Oc2cc(C)cc(C)c2)cc1C. The number of hydrogen-bond acceptors (Lipinski definition) is 2. The van der Waals surface area contributed by atoms with Crippen LogP contribution in [0.3, 0.4) is 0 Å². The van der Waals surface area contributed by atoms with Crippen molar-refractivity contribution in [2.45, 2.75) is 46.6 Å². The minimum atomic E-state index is 0.231. The van der Waals surface area contributed by atoms with Crippen molar-refractivity contribution in [2.75, 3.05) is 0 Å². The first-order chi connectivity index (χ1) is 9.97. The summed E-state index contributed by atoms with van der Waals surface area (Å²) in [4.78, 5) is 0.